The number of hydrogen-bond donors (Lipinski definition) is 2. The van der Waals surface area contributed by atoms with E-state index in [1.165, 1.54) is 12.1 Å². The van der Waals surface area contributed by atoms with E-state index in [1.54, 1.807) is 48.5 Å². The lowest BCUT2D eigenvalue weighted by Gasteiger charge is -2.29. The fourth-order valence-electron chi connectivity index (χ4n) is 2.94. The molecule has 2 aromatic rings. The third-order valence-electron chi connectivity index (χ3n) is 4.38. The topological polar surface area (TPSA) is 67.4 Å². The van der Waals surface area contributed by atoms with Gasteiger partial charge in [0.1, 0.15) is 12.1 Å². The highest BCUT2D eigenvalue weighted by Gasteiger charge is 2.49. The van der Waals surface area contributed by atoms with Crippen LogP contribution >= 0.6 is 0 Å². The highest BCUT2D eigenvalue weighted by molar-refractivity contribution is 5.89. The van der Waals surface area contributed by atoms with Gasteiger partial charge < -0.3 is 15.4 Å². The number of hydrogen-bond acceptors (Lipinski definition) is 4. The first kappa shape index (κ1) is 22.3. The minimum atomic E-state index is -3.83. The molecule has 2 aromatic carbocycles. The lowest BCUT2D eigenvalue weighted by atomic mass is 9.98. The Kier molecular flexibility index (Phi) is 7.70. The number of rotatable bonds is 9. The molecule has 29 heavy (non-hydrogen) atoms. The Labute approximate surface area is 169 Å². The Hall–Kier alpha value is -2.96. The van der Waals surface area contributed by atoms with Gasteiger partial charge in [-0.2, -0.15) is 8.78 Å². The van der Waals surface area contributed by atoms with E-state index in [1.807, 2.05) is 13.8 Å². The average Bonchev–Trinajstić information content (AvgIpc) is 2.71. The van der Waals surface area contributed by atoms with Crippen molar-refractivity contribution in [2.24, 2.45) is 5.92 Å². The summed E-state index contributed by atoms with van der Waals surface area (Å²) in [5, 5.41) is 4.92. The van der Waals surface area contributed by atoms with Gasteiger partial charge in [-0.05, 0) is 30.0 Å². The van der Waals surface area contributed by atoms with Gasteiger partial charge in [-0.15, -0.1) is 0 Å². The van der Waals surface area contributed by atoms with Crippen LogP contribution in [0.15, 0.2) is 60.7 Å². The van der Waals surface area contributed by atoms with Gasteiger partial charge in [-0.25, -0.2) is 4.79 Å². The van der Waals surface area contributed by atoms with Crippen molar-refractivity contribution < 1.29 is 23.1 Å². The predicted molar refractivity (Wildman–Crippen MR) is 108 cm³/mol. The fourth-order valence-corrected chi connectivity index (χ4v) is 2.94. The second-order valence-electron chi connectivity index (χ2n) is 7.16. The number of methoxy groups -OCH3 is 1. The molecule has 0 aliphatic carbocycles. The molecule has 0 radical (unpaired) electrons. The lowest BCUT2D eigenvalue weighted by molar-refractivity contribution is -0.154. The molecule has 2 N–H and O–H groups in total. The SMILES string of the molecule is COC(=O)[C@H](CC(C)C)NC(=O)C(F)(F)C(Nc1ccccc1)c1ccccc1. The molecule has 0 saturated carbocycles. The number of amides is 1. The zero-order valence-electron chi connectivity index (χ0n) is 16.7. The van der Waals surface area contributed by atoms with Crippen LogP contribution < -0.4 is 10.6 Å². The minimum absolute atomic E-state index is 0.000358. The summed E-state index contributed by atoms with van der Waals surface area (Å²) in [6.45, 7) is 3.65. The van der Waals surface area contributed by atoms with Gasteiger partial charge in [0, 0.05) is 5.69 Å². The second kappa shape index (κ2) is 10.0. The van der Waals surface area contributed by atoms with Crippen molar-refractivity contribution in [2.45, 2.75) is 38.3 Å². The highest BCUT2D eigenvalue weighted by Crippen LogP contribution is 2.35. The van der Waals surface area contributed by atoms with E-state index in [9.17, 15) is 9.59 Å². The van der Waals surface area contributed by atoms with Crippen LogP contribution in [0.1, 0.15) is 31.9 Å². The van der Waals surface area contributed by atoms with E-state index >= 15 is 8.78 Å². The van der Waals surface area contributed by atoms with Gasteiger partial charge in [0.05, 0.1) is 7.11 Å². The Morgan fingerprint density at radius 2 is 1.55 bits per heavy atom. The quantitative estimate of drug-likeness (QED) is 0.616. The molecule has 2 rings (SSSR count). The summed E-state index contributed by atoms with van der Waals surface area (Å²) in [4.78, 5) is 24.5. The third kappa shape index (κ3) is 6.01. The van der Waals surface area contributed by atoms with Crippen LogP contribution in [0.25, 0.3) is 0 Å². The van der Waals surface area contributed by atoms with Gasteiger partial charge in [0.15, 0.2) is 0 Å². The summed E-state index contributed by atoms with van der Waals surface area (Å²) in [5.41, 5.74) is 0.690. The second-order valence-corrected chi connectivity index (χ2v) is 7.16. The first-order chi connectivity index (χ1) is 13.8. The number of benzene rings is 2. The van der Waals surface area contributed by atoms with Crippen LogP contribution in [0.2, 0.25) is 0 Å². The molecule has 1 amide bonds. The molecule has 0 aromatic heterocycles. The Balaban J connectivity index is 2.31. The maximum atomic E-state index is 15.3. The average molecular weight is 404 g/mol. The fraction of sp³-hybridized carbons (Fsp3) is 0.364. The largest absolute Gasteiger partial charge is 0.467 e. The van der Waals surface area contributed by atoms with Crippen molar-refractivity contribution in [3.8, 4) is 0 Å². The molecule has 7 heteroatoms. The molecule has 0 bridgehead atoms. The van der Waals surface area contributed by atoms with Crippen molar-refractivity contribution in [3.63, 3.8) is 0 Å². The van der Waals surface area contributed by atoms with Crippen molar-refractivity contribution in [1.82, 2.24) is 5.32 Å². The number of ether oxygens (including phenoxy) is 1. The molecular weight excluding hydrogens is 378 g/mol. The van der Waals surface area contributed by atoms with E-state index in [0.717, 1.165) is 7.11 Å². The van der Waals surface area contributed by atoms with E-state index in [2.05, 4.69) is 15.4 Å². The summed E-state index contributed by atoms with van der Waals surface area (Å²) in [7, 11) is 1.16. The van der Waals surface area contributed by atoms with Crippen LogP contribution in [0.4, 0.5) is 14.5 Å². The van der Waals surface area contributed by atoms with Crippen molar-refractivity contribution in [1.29, 1.82) is 0 Å². The van der Waals surface area contributed by atoms with Crippen molar-refractivity contribution >= 4 is 17.6 Å². The van der Waals surface area contributed by atoms with Gasteiger partial charge >= 0.3 is 11.9 Å². The molecule has 2 atom stereocenters. The van der Waals surface area contributed by atoms with Crippen LogP contribution in [-0.4, -0.2) is 31.0 Å². The zero-order chi connectivity index (χ0) is 21.4. The van der Waals surface area contributed by atoms with E-state index in [4.69, 9.17) is 0 Å². The summed E-state index contributed by atoms with van der Waals surface area (Å²) in [5.74, 6) is -6.12. The third-order valence-corrected chi connectivity index (χ3v) is 4.38. The smallest absolute Gasteiger partial charge is 0.348 e. The predicted octanol–water partition coefficient (Wildman–Crippen LogP) is 4.18. The van der Waals surface area contributed by atoms with Gasteiger partial charge in [0.2, 0.25) is 0 Å². The number of esters is 1. The Bertz CT molecular complexity index is 798. The zero-order valence-corrected chi connectivity index (χ0v) is 16.7. The van der Waals surface area contributed by atoms with E-state index in [-0.39, 0.29) is 17.9 Å². The summed E-state index contributed by atoms with van der Waals surface area (Å²) < 4.78 is 35.2. The Morgan fingerprint density at radius 3 is 2.07 bits per heavy atom. The van der Waals surface area contributed by atoms with E-state index < -0.39 is 29.9 Å². The standard InChI is InChI=1S/C22H26F2N2O3/c1-15(2)14-18(20(27)29-3)26-21(28)22(23,24)19(16-10-6-4-7-11-16)25-17-12-8-5-9-13-17/h4-13,15,18-19,25H,14H2,1-3H3,(H,26,28)/t18-,19?/m0/s1. The van der Waals surface area contributed by atoms with Crippen LogP contribution in [-0.2, 0) is 14.3 Å². The molecule has 0 saturated heterocycles. The number of alkyl halides is 2. The monoisotopic (exact) mass is 404 g/mol. The molecule has 156 valence electrons. The molecule has 0 aliphatic rings. The number of anilines is 1. The number of carbonyl (C=O) groups is 2. The molecular formula is C22H26F2N2O3. The van der Waals surface area contributed by atoms with Gasteiger partial charge in [-0.1, -0.05) is 62.4 Å². The van der Waals surface area contributed by atoms with Crippen molar-refractivity contribution in [2.75, 3.05) is 12.4 Å². The van der Waals surface area contributed by atoms with Gasteiger partial charge in [-0.3, -0.25) is 4.79 Å². The molecule has 0 heterocycles. The summed E-state index contributed by atoms with van der Waals surface area (Å²) >= 11 is 0. The highest BCUT2D eigenvalue weighted by atomic mass is 19.3. The normalized spacial score (nSPS) is 13.4. The van der Waals surface area contributed by atoms with Crippen LogP contribution in [0.5, 0.6) is 0 Å². The maximum absolute atomic E-state index is 15.3. The maximum Gasteiger partial charge on any atom is 0.348 e. The lowest BCUT2D eigenvalue weighted by Crippen LogP contribution is -2.52. The first-order valence-electron chi connectivity index (χ1n) is 9.38. The van der Waals surface area contributed by atoms with Crippen molar-refractivity contribution in [3.05, 3.63) is 66.2 Å². The molecule has 0 spiro atoms. The minimum Gasteiger partial charge on any atom is -0.467 e. The molecule has 0 fully saturated rings. The van der Waals surface area contributed by atoms with Crippen LogP contribution in [0.3, 0.4) is 0 Å². The number of carbonyl (C=O) groups excluding carboxylic acids is 2. The van der Waals surface area contributed by atoms with E-state index in [0.29, 0.717) is 5.69 Å². The summed E-state index contributed by atoms with van der Waals surface area (Å²) in [6.07, 6.45) is 0.191. The number of para-hydroxylation sites is 1. The first-order valence-corrected chi connectivity index (χ1v) is 9.38. The van der Waals surface area contributed by atoms with Gasteiger partial charge in [0.25, 0.3) is 5.91 Å². The Morgan fingerprint density at radius 1 is 1.00 bits per heavy atom. The molecule has 0 aliphatic heterocycles. The molecule has 5 nitrogen and oxygen atoms in total. The number of nitrogens with one attached hydrogen (secondary N) is 2. The molecule has 1 unspecified atom stereocenters. The summed E-state index contributed by atoms with van der Waals surface area (Å²) in [6, 6.07) is 13.7. The van der Waals surface area contributed by atoms with Crippen LogP contribution in [0, 0.1) is 5.92 Å². The number of halogens is 2.